The molecule has 110 valence electrons. The Morgan fingerprint density at radius 1 is 1.14 bits per heavy atom. The third-order valence-electron chi connectivity index (χ3n) is 3.37. The lowest BCUT2D eigenvalue weighted by molar-refractivity contribution is -0.132. The standard InChI is InChI=1S/C15H16N2O3S/c1-9-7-10(5-6-12(9)20-4)8-11-13(18)16(2)15(21)17(3)14(11)19/h5-8H,1-4H3. The van der Waals surface area contributed by atoms with Gasteiger partial charge in [0.2, 0.25) is 0 Å². The molecule has 0 saturated carbocycles. The molecule has 0 atom stereocenters. The van der Waals surface area contributed by atoms with Crippen LogP contribution in [0, 0.1) is 6.92 Å². The van der Waals surface area contributed by atoms with Gasteiger partial charge in [-0.2, -0.15) is 0 Å². The number of benzene rings is 1. The van der Waals surface area contributed by atoms with Gasteiger partial charge in [-0.15, -0.1) is 0 Å². The number of carbonyl (C=O) groups is 2. The molecule has 2 rings (SSSR count). The van der Waals surface area contributed by atoms with Crippen molar-refractivity contribution in [2.75, 3.05) is 21.2 Å². The van der Waals surface area contributed by atoms with E-state index in [-0.39, 0.29) is 10.7 Å². The molecular weight excluding hydrogens is 288 g/mol. The zero-order chi connectivity index (χ0) is 15.7. The molecule has 2 amide bonds. The maximum atomic E-state index is 12.2. The summed E-state index contributed by atoms with van der Waals surface area (Å²) in [5, 5.41) is 0.202. The second-order valence-electron chi connectivity index (χ2n) is 4.80. The molecule has 1 aromatic carbocycles. The number of likely N-dealkylation sites (N-methyl/N-ethyl adjacent to an activating group) is 2. The number of ether oxygens (including phenoxy) is 1. The van der Waals surface area contributed by atoms with Crippen LogP contribution in [0.2, 0.25) is 0 Å². The van der Waals surface area contributed by atoms with Crippen LogP contribution in [-0.4, -0.2) is 47.9 Å². The lowest BCUT2D eigenvalue weighted by Crippen LogP contribution is -2.52. The van der Waals surface area contributed by atoms with Gasteiger partial charge in [-0.25, -0.2) is 0 Å². The van der Waals surface area contributed by atoms with Crippen LogP contribution in [0.15, 0.2) is 23.8 Å². The first kappa shape index (κ1) is 15.2. The van der Waals surface area contributed by atoms with Gasteiger partial charge in [0.1, 0.15) is 11.3 Å². The zero-order valence-electron chi connectivity index (χ0n) is 12.3. The van der Waals surface area contributed by atoms with Gasteiger partial charge in [0, 0.05) is 14.1 Å². The number of nitrogens with zero attached hydrogens (tertiary/aromatic N) is 2. The van der Waals surface area contributed by atoms with E-state index in [1.807, 2.05) is 13.0 Å². The highest BCUT2D eigenvalue weighted by Crippen LogP contribution is 2.22. The van der Waals surface area contributed by atoms with Gasteiger partial charge in [0.15, 0.2) is 5.11 Å². The van der Waals surface area contributed by atoms with Crippen molar-refractivity contribution >= 4 is 35.2 Å². The molecule has 6 heteroatoms. The maximum absolute atomic E-state index is 12.2. The molecule has 5 nitrogen and oxygen atoms in total. The largest absolute Gasteiger partial charge is 0.496 e. The Morgan fingerprint density at radius 3 is 2.19 bits per heavy atom. The van der Waals surface area contributed by atoms with Crippen LogP contribution in [0.3, 0.4) is 0 Å². The predicted molar refractivity (Wildman–Crippen MR) is 83.8 cm³/mol. The lowest BCUT2D eigenvalue weighted by atomic mass is 10.0. The quantitative estimate of drug-likeness (QED) is 0.473. The third kappa shape index (κ3) is 2.67. The number of aryl methyl sites for hydroxylation is 1. The van der Waals surface area contributed by atoms with Gasteiger partial charge in [-0.3, -0.25) is 19.4 Å². The van der Waals surface area contributed by atoms with E-state index >= 15 is 0 Å². The van der Waals surface area contributed by atoms with E-state index in [0.717, 1.165) is 16.9 Å². The summed E-state index contributed by atoms with van der Waals surface area (Å²) in [5.41, 5.74) is 1.79. The summed E-state index contributed by atoms with van der Waals surface area (Å²) in [7, 11) is 4.71. The Morgan fingerprint density at radius 2 is 1.71 bits per heavy atom. The normalized spacial score (nSPS) is 15.6. The second kappa shape index (κ2) is 5.65. The molecule has 1 heterocycles. The van der Waals surface area contributed by atoms with Crippen LogP contribution in [0.1, 0.15) is 11.1 Å². The van der Waals surface area contributed by atoms with E-state index in [4.69, 9.17) is 17.0 Å². The minimum Gasteiger partial charge on any atom is -0.496 e. The molecule has 0 aromatic heterocycles. The fourth-order valence-electron chi connectivity index (χ4n) is 2.13. The van der Waals surface area contributed by atoms with Crippen LogP contribution in [0.25, 0.3) is 6.08 Å². The first-order valence-electron chi connectivity index (χ1n) is 6.33. The summed E-state index contributed by atoms with van der Waals surface area (Å²) in [6.45, 7) is 1.90. The number of methoxy groups -OCH3 is 1. The van der Waals surface area contributed by atoms with Crippen LogP contribution >= 0.6 is 12.2 Å². The molecule has 1 aliphatic heterocycles. The molecule has 21 heavy (non-hydrogen) atoms. The molecule has 1 aromatic rings. The molecule has 0 spiro atoms. The average molecular weight is 304 g/mol. The van der Waals surface area contributed by atoms with E-state index in [1.165, 1.54) is 9.80 Å². The second-order valence-corrected chi connectivity index (χ2v) is 5.16. The Labute approximate surface area is 128 Å². The van der Waals surface area contributed by atoms with Gasteiger partial charge in [-0.1, -0.05) is 6.07 Å². The molecule has 0 N–H and O–H groups in total. The van der Waals surface area contributed by atoms with E-state index in [2.05, 4.69) is 0 Å². The van der Waals surface area contributed by atoms with E-state index in [9.17, 15) is 9.59 Å². The van der Waals surface area contributed by atoms with Crippen molar-refractivity contribution in [2.24, 2.45) is 0 Å². The first-order valence-corrected chi connectivity index (χ1v) is 6.74. The summed E-state index contributed by atoms with van der Waals surface area (Å²) in [6, 6.07) is 5.46. The number of carbonyl (C=O) groups excluding carboxylic acids is 2. The highest BCUT2D eigenvalue weighted by molar-refractivity contribution is 7.80. The van der Waals surface area contributed by atoms with Crippen LogP contribution in [0.4, 0.5) is 0 Å². The van der Waals surface area contributed by atoms with Crippen molar-refractivity contribution in [3.63, 3.8) is 0 Å². The maximum Gasteiger partial charge on any atom is 0.265 e. The van der Waals surface area contributed by atoms with Gasteiger partial charge in [0.05, 0.1) is 7.11 Å². The number of hydrogen-bond donors (Lipinski definition) is 0. The highest BCUT2D eigenvalue weighted by atomic mass is 32.1. The van der Waals surface area contributed by atoms with E-state index in [1.54, 1.807) is 39.4 Å². The molecule has 1 fully saturated rings. The molecule has 0 bridgehead atoms. The monoisotopic (exact) mass is 304 g/mol. The van der Waals surface area contributed by atoms with Gasteiger partial charge >= 0.3 is 0 Å². The molecule has 0 unspecified atom stereocenters. The van der Waals surface area contributed by atoms with Gasteiger partial charge in [-0.05, 0) is 48.5 Å². The van der Waals surface area contributed by atoms with Crippen molar-refractivity contribution in [1.82, 2.24) is 9.80 Å². The molecular formula is C15H16N2O3S. The topological polar surface area (TPSA) is 49.9 Å². The number of thiocarbonyl (C=S) groups is 1. The van der Waals surface area contributed by atoms with Crippen LogP contribution in [-0.2, 0) is 9.59 Å². The first-order chi connectivity index (χ1) is 9.86. The Kier molecular flexibility index (Phi) is 4.09. The number of rotatable bonds is 2. The predicted octanol–water partition coefficient (Wildman–Crippen LogP) is 1.60. The average Bonchev–Trinajstić information content (AvgIpc) is 2.48. The van der Waals surface area contributed by atoms with Gasteiger partial charge < -0.3 is 4.74 Å². The minimum absolute atomic E-state index is 0.0955. The minimum atomic E-state index is -0.392. The van der Waals surface area contributed by atoms with Crippen molar-refractivity contribution in [3.05, 3.63) is 34.9 Å². The molecule has 1 aliphatic rings. The van der Waals surface area contributed by atoms with Crippen molar-refractivity contribution in [2.45, 2.75) is 6.92 Å². The molecule has 0 radical (unpaired) electrons. The van der Waals surface area contributed by atoms with Crippen LogP contribution in [0.5, 0.6) is 5.75 Å². The van der Waals surface area contributed by atoms with Crippen molar-refractivity contribution < 1.29 is 14.3 Å². The number of amides is 2. The van der Waals surface area contributed by atoms with Crippen molar-refractivity contribution in [1.29, 1.82) is 0 Å². The highest BCUT2D eigenvalue weighted by Gasteiger charge is 2.35. The fourth-order valence-corrected chi connectivity index (χ4v) is 2.30. The van der Waals surface area contributed by atoms with E-state index in [0.29, 0.717) is 0 Å². The lowest BCUT2D eigenvalue weighted by Gasteiger charge is -2.31. The fraction of sp³-hybridized carbons (Fsp3) is 0.267. The SMILES string of the molecule is COc1ccc(C=C2C(=O)N(C)C(=S)N(C)C2=O)cc1C. The summed E-state index contributed by atoms with van der Waals surface area (Å²) in [4.78, 5) is 27.0. The third-order valence-corrected chi connectivity index (χ3v) is 3.92. The smallest absolute Gasteiger partial charge is 0.265 e. The summed E-state index contributed by atoms with van der Waals surface area (Å²) in [5.74, 6) is -0.0259. The van der Waals surface area contributed by atoms with Crippen molar-refractivity contribution in [3.8, 4) is 5.75 Å². The number of hydrogen-bond acceptors (Lipinski definition) is 4. The van der Waals surface area contributed by atoms with Crippen LogP contribution < -0.4 is 4.74 Å². The Bertz CT molecular complexity index is 641. The Balaban J connectivity index is 2.44. The summed E-state index contributed by atoms with van der Waals surface area (Å²) in [6.07, 6.45) is 1.58. The van der Waals surface area contributed by atoms with E-state index < -0.39 is 11.8 Å². The molecule has 1 saturated heterocycles. The summed E-state index contributed by atoms with van der Waals surface area (Å²) >= 11 is 5.04. The summed E-state index contributed by atoms with van der Waals surface area (Å²) < 4.78 is 5.19. The Hall–Kier alpha value is -2.21. The van der Waals surface area contributed by atoms with Gasteiger partial charge in [0.25, 0.3) is 11.8 Å². The molecule has 0 aliphatic carbocycles. The zero-order valence-corrected chi connectivity index (χ0v) is 13.2.